The van der Waals surface area contributed by atoms with E-state index in [0.29, 0.717) is 0 Å². The van der Waals surface area contributed by atoms with E-state index in [9.17, 15) is 0 Å². The molecule has 96 valence electrons. The number of nitrogens with zero attached hydrogens (tertiary/aromatic N) is 3. The average Bonchev–Trinajstić information content (AvgIpc) is 2.63. The molecule has 0 saturated carbocycles. The second-order valence-corrected chi connectivity index (χ2v) is 5.82. The third-order valence-corrected chi connectivity index (χ3v) is 3.35. The van der Waals surface area contributed by atoms with Crippen molar-refractivity contribution in [2.24, 2.45) is 0 Å². The van der Waals surface area contributed by atoms with Crippen LogP contribution in [0.2, 0.25) is 0 Å². The van der Waals surface area contributed by atoms with E-state index < -0.39 is 0 Å². The van der Waals surface area contributed by atoms with Crippen molar-refractivity contribution in [3.63, 3.8) is 0 Å². The van der Waals surface area contributed by atoms with Crippen molar-refractivity contribution in [3.8, 4) is 0 Å². The van der Waals surface area contributed by atoms with Crippen LogP contribution < -0.4 is 0 Å². The highest BCUT2D eigenvalue weighted by atomic mass is 16.3. The van der Waals surface area contributed by atoms with E-state index in [1.54, 1.807) is 6.26 Å². The Hall–Kier alpha value is -0.870. The van der Waals surface area contributed by atoms with Crippen LogP contribution in [0.4, 0.5) is 0 Å². The maximum Gasteiger partial charge on any atom is 0.208 e. The molecule has 0 aliphatic carbocycles. The smallest absolute Gasteiger partial charge is 0.208 e. The first kappa shape index (κ1) is 12.6. The number of aryl methyl sites for hydroxylation is 1. The summed E-state index contributed by atoms with van der Waals surface area (Å²) in [6.07, 6.45) is 1.72. The van der Waals surface area contributed by atoms with Gasteiger partial charge in [-0.25, -0.2) is 4.98 Å². The molecule has 0 atom stereocenters. The second kappa shape index (κ2) is 4.78. The Morgan fingerprint density at radius 1 is 1.24 bits per heavy atom. The summed E-state index contributed by atoms with van der Waals surface area (Å²) in [6, 6.07) is 0. The van der Waals surface area contributed by atoms with Crippen LogP contribution >= 0.6 is 0 Å². The zero-order valence-electron chi connectivity index (χ0n) is 11.4. The monoisotopic (exact) mass is 237 g/mol. The molecule has 2 rings (SSSR count). The molecule has 4 heteroatoms. The highest BCUT2D eigenvalue weighted by Gasteiger charge is 2.26. The van der Waals surface area contributed by atoms with Crippen molar-refractivity contribution in [3.05, 3.63) is 17.8 Å². The van der Waals surface area contributed by atoms with Gasteiger partial charge in [-0.2, -0.15) is 0 Å². The highest BCUT2D eigenvalue weighted by molar-refractivity contribution is 4.93. The topological polar surface area (TPSA) is 32.5 Å². The minimum Gasteiger partial charge on any atom is -0.447 e. The molecule has 0 radical (unpaired) electrons. The molecule has 1 aliphatic heterocycles. The summed E-state index contributed by atoms with van der Waals surface area (Å²) >= 11 is 0. The van der Waals surface area contributed by atoms with E-state index in [1.807, 2.05) is 6.92 Å². The number of piperazine rings is 1. The number of aromatic nitrogens is 1. The minimum atomic E-state index is 0.283. The molecule has 17 heavy (non-hydrogen) atoms. The average molecular weight is 237 g/mol. The van der Waals surface area contributed by atoms with E-state index in [2.05, 4.69) is 35.6 Å². The van der Waals surface area contributed by atoms with Crippen LogP contribution in [0.15, 0.2) is 10.7 Å². The van der Waals surface area contributed by atoms with Gasteiger partial charge in [-0.3, -0.25) is 9.80 Å². The zero-order chi connectivity index (χ0) is 12.5. The normalized spacial score (nSPS) is 19.8. The molecule has 1 aromatic heterocycles. The Morgan fingerprint density at radius 2 is 1.88 bits per heavy atom. The van der Waals surface area contributed by atoms with E-state index in [0.717, 1.165) is 44.3 Å². The van der Waals surface area contributed by atoms with Gasteiger partial charge in [-0.15, -0.1) is 0 Å². The number of hydrogen-bond donors (Lipinski definition) is 0. The lowest BCUT2D eigenvalue weighted by Gasteiger charge is -2.41. The predicted molar refractivity (Wildman–Crippen MR) is 67.8 cm³/mol. The van der Waals surface area contributed by atoms with E-state index in [4.69, 9.17) is 4.42 Å². The number of rotatable bonds is 2. The van der Waals surface area contributed by atoms with Crippen molar-refractivity contribution in [2.45, 2.75) is 39.8 Å². The maximum absolute atomic E-state index is 5.39. The molecular formula is C13H23N3O. The Balaban J connectivity index is 1.83. The van der Waals surface area contributed by atoms with Gasteiger partial charge in [0.25, 0.3) is 0 Å². The second-order valence-electron chi connectivity index (χ2n) is 5.82. The third kappa shape index (κ3) is 3.30. The van der Waals surface area contributed by atoms with Crippen molar-refractivity contribution in [1.29, 1.82) is 0 Å². The quantitative estimate of drug-likeness (QED) is 0.786. The highest BCUT2D eigenvalue weighted by Crippen LogP contribution is 2.16. The van der Waals surface area contributed by atoms with Gasteiger partial charge in [0.2, 0.25) is 5.89 Å². The molecule has 0 N–H and O–H groups in total. The number of hydrogen-bond acceptors (Lipinski definition) is 4. The Kier molecular flexibility index (Phi) is 3.54. The van der Waals surface area contributed by atoms with Crippen LogP contribution in [0.25, 0.3) is 0 Å². The lowest BCUT2D eigenvalue weighted by Crippen LogP contribution is -2.53. The molecule has 2 heterocycles. The van der Waals surface area contributed by atoms with Gasteiger partial charge < -0.3 is 4.42 Å². The molecule has 1 aliphatic rings. The van der Waals surface area contributed by atoms with Gasteiger partial charge in [-0.05, 0) is 27.7 Å². The molecule has 0 unspecified atom stereocenters. The Bertz CT molecular complexity index is 359. The molecule has 0 amide bonds. The summed E-state index contributed by atoms with van der Waals surface area (Å²) in [6.45, 7) is 14.1. The SMILES string of the molecule is Cc1coc(CN2CCN(C(C)(C)C)CC2)n1. The van der Waals surface area contributed by atoms with Gasteiger partial charge in [-0.1, -0.05) is 0 Å². The van der Waals surface area contributed by atoms with Gasteiger partial charge in [0, 0.05) is 31.7 Å². The zero-order valence-corrected chi connectivity index (χ0v) is 11.4. The Labute approximate surface area is 104 Å². The first-order valence-electron chi connectivity index (χ1n) is 6.33. The third-order valence-electron chi connectivity index (χ3n) is 3.35. The van der Waals surface area contributed by atoms with Crippen LogP contribution in [0, 0.1) is 6.92 Å². The van der Waals surface area contributed by atoms with Crippen molar-refractivity contribution >= 4 is 0 Å². The predicted octanol–water partition coefficient (Wildman–Crippen LogP) is 1.90. The van der Waals surface area contributed by atoms with Gasteiger partial charge in [0.1, 0.15) is 6.26 Å². The van der Waals surface area contributed by atoms with Crippen LogP contribution in [-0.2, 0) is 6.54 Å². The molecule has 0 spiro atoms. The summed E-state index contributed by atoms with van der Waals surface area (Å²) in [5.41, 5.74) is 1.25. The minimum absolute atomic E-state index is 0.283. The maximum atomic E-state index is 5.39. The summed E-state index contributed by atoms with van der Waals surface area (Å²) in [4.78, 5) is 9.29. The molecular weight excluding hydrogens is 214 g/mol. The number of oxazole rings is 1. The summed E-state index contributed by atoms with van der Waals surface area (Å²) in [5.74, 6) is 0.840. The molecule has 4 nitrogen and oxygen atoms in total. The lowest BCUT2D eigenvalue weighted by atomic mass is 10.1. The van der Waals surface area contributed by atoms with Crippen LogP contribution in [0.3, 0.4) is 0 Å². The Morgan fingerprint density at radius 3 is 2.35 bits per heavy atom. The van der Waals surface area contributed by atoms with Crippen LogP contribution in [0.5, 0.6) is 0 Å². The lowest BCUT2D eigenvalue weighted by molar-refractivity contribution is 0.0555. The molecule has 0 aromatic carbocycles. The molecule has 1 aromatic rings. The first-order chi connectivity index (χ1) is 7.95. The largest absolute Gasteiger partial charge is 0.447 e. The van der Waals surface area contributed by atoms with Crippen LogP contribution in [-0.4, -0.2) is 46.5 Å². The van der Waals surface area contributed by atoms with E-state index >= 15 is 0 Å². The fourth-order valence-corrected chi connectivity index (χ4v) is 2.24. The van der Waals surface area contributed by atoms with E-state index in [-0.39, 0.29) is 5.54 Å². The molecule has 0 bridgehead atoms. The van der Waals surface area contributed by atoms with E-state index in [1.165, 1.54) is 0 Å². The summed E-state index contributed by atoms with van der Waals surface area (Å²) in [7, 11) is 0. The van der Waals surface area contributed by atoms with Crippen molar-refractivity contribution < 1.29 is 4.42 Å². The van der Waals surface area contributed by atoms with Crippen LogP contribution in [0.1, 0.15) is 32.4 Å². The standard InChI is InChI=1S/C13H23N3O/c1-11-10-17-12(14-11)9-15-5-7-16(8-6-15)13(2,3)4/h10H,5-9H2,1-4H3. The fourth-order valence-electron chi connectivity index (χ4n) is 2.24. The van der Waals surface area contributed by atoms with Gasteiger partial charge >= 0.3 is 0 Å². The van der Waals surface area contributed by atoms with Crippen molar-refractivity contribution in [1.82, 2.24) is 14.8 Å². The molecule has 1 saturated heterocycles. The van der Waals surface area contributed by atoms with Gasteiger partial charge in [0.15, 0.2) is 0 Å². The van der Waals surface area contributed by atoms with Crippen molar-refractivity contribution in [2.75, 3.05) is 26.2 Å². The summed E-state index contributed by atoms with van der Waals surface area (Å²) < 4.78 is 5.39. The van der Waals surface area contributed by atoms with Gasteiger partial charge in [0.05, 0.1) is 12.2 Å². The summed E-state index contributed by atoms with van der Waals surface area (Å²) in [5, 5.41) is 0. The fraction of sp³-hybridized carbons (Fsp3) is 0.769. The first-order valence-corrected chi connectivity index (χ1v) is 6.33. The molecule has 1 fully saturated rings.